The van der Waals surface area contributed by atoms with Gasteiger partial charge in [-0.05, 0) is 24.3 Å². The molecule has 4 heteroatoms. The third kappa shape index (κ3) is 1.84. The summed E-state index contributed by atoms with van der Waals surface area (Å²) in [6.07, 6.45) is 7.27. The highest BCUT2D eigenvalue weighted by atomic mass is 15.1. The Morgan fingerprint density at radius 2 is 2.00 bits per heavy atom. The van der Waals surface area contributed by atoms with Crippen molar-refractivity contribution in [3.8, 4) is 0 Å². The Morgan fingerprint density at radius 1 is 1.11 bits per heavy atom. The average Bonchev–Trinajstić information content (AvgIpc) is 2.81. The van der Waals surface area contributed by atoms with Crippen LogP contribution in [0.5, 0.6) is 0 Å². The number of hydrogen-bond donors (Lipinski definition) is 2. The number of H-pyrrole nitrogens is 1. The molecule has 0 fully saturated rings. The van der Waals surface area contributed by atoms with E-state index in [1.807, 2.05) is 36.4 Å². The molecule has 3 rings (SSSR count). The van der Waals surface area contributed by atoms with E-state index < -0.39 is 0 Å². The topological polar surface area (TPSA) is 67.6 Å². The summed E-state index contributed by atoms with van der Waals surface area (Å²) in [5.74, 6) is 0. The molecule has 2 aromatic heterocycles. The van der Waals surface area contributed by atoms with Gasteiger partial charge in [0.15, 0.2) is 0 Å². The molecule has 4 nitrogen and oxygen atoms in total. The third-order valence-corrected chi connectivity index (χ3v) is 2.81. The molecule has 0 saturated heterocycles. The molecule has 88 valence electrons. The first-order chi connectivity index (χ1) is 8.84. The molecule has 0 amide bonds. The second-order valence-corrected chi connectivity index (χ2v) is 3.99. The Morgan fingerprint density at radius 3 is 2.89 bits per heavy atom. The van der Waals surface area contributed by atoms with Crippen LogP contribution in [0.25, 0.3) is 23.1 Å². The van der Waals surface area contributed by atoms with Crippen LogP contribution in [0.15, 0.2) is 42.7 Å². The molecular weight excluding hydrogens is 224 g/mol. The average molecular weight is 236 g/mol. The second-order valence-electron chi connectivity index (χ2n) is 3.99. The minimum Gasteiger partial charge on any atom is -0.398 e. The zero-order valence-corrected chi connectivity index (χ0v) is 9.67. The number of nitrogens with zero attached hydrogens (tertiary/aromatic N) is 2. The van der Waals surface area contributed by atoms with Gasteiger partial charge in [-0.25, -0.2) is 0 Å². The molecule has 0 atom stereocenters. The minimum absolute atomic E-state index is 0.709. The normalized spacial score (nSPS) is 11.3. The lowest BCUT2D eigenvalue weighted by molar-refractivity contribution is 1.11. The van der Waals surface area contributed by atoms with Crippen molar-refractivity contribution in [3.63, 3.8) is 0 Å². The van der Waals surface area contributed by atoms with Crippen molar-refractivity contribution in [1.82, 2.24) is 15.2 Å². The lowest BCUT2D eigenvalue weighted by Crippen LogP contribution is -1.89. The van der Waals surface area contributed by atoms with E-state index in [-0.39, 0.29) is 0 Å². The summed E-state index contributed by atoms with van der Waals surface area (Å²) < 4.78 is 0. The van der Waals surface area contributed by atoms with Crippen molar-refractivity contribution >= 4 is 28.7 Å². The number of rotatable bonds is 2. The lowest BCUT2D eigenvalue weighted by Gasteiger charge is -1.97. The van der Waals surface area contributed by atoms with E-state index in [2.05, 4.69) is 15.2 Å². The van der Waals surface area contributed by atoms with E-state index in [1.54, 1.807) is 18.5 Å². The van der Waals surface area contributed by atoms with Gasteiger partial charge < -0.3 is 5.73 Å². The highest BCUT2D eigenvalue weighted by Gasteiger charge is 2.01. The number of nitrogen functional groups attached to an aromatic ring is 1. The van der Waals surface area contributed by atoms with E-state index in [9.17, 15) is 0 Å². The number of aromatic amines is 1. The van der Waals surface area contributed by atoms with Crippen LogP contribution in [0.1, 0.15) is 11.3 Å². The Labute approximate surface area is 104 Å². The Hall–Kier alpha value is -2.62. The van der Waals surface area contributed by atoms with Gasteiger partial charge in [0, 0.05) is 29.0 Å². The SMILES string of the molecule is Nc1ccncc1C=Cc1n[nH]c2ccccc12. The van der Waals surface area contributed by atoms with Crippen LogP contribution in [-0.4, -0.2) is 15.2 Å². The van der Waals surface area contributed by atoms with E-state index >= 15 is 0 Å². The number of para-hydroxylation sites is 1. The zero-order chi connectivity index (χ0) is 12.4. The van der Waals surface area contributed by atoms with Gasteiger partial charge in [-0.3, -0.25) is 10.1 Å². The lowest BCUT2D eigenvalue weighted by atomic mass is 10.1. The quantitative estimate of drug-likeness (QED) is 0.718. The molecule has 2 heterocycles. The van der Waals surface area contributed by atoms with Crippen molar-refractivity contribution in [2.75, 3.05) is 5.73 Å². The minimum atomic E-state index is 0.709. The van der Waals surface area contributed by atoms with Crippen molar-refractivity contribution in [1.29, 1.82) is 0 Å². The van der Waals surface area contributed by atoms with E-state index in [0.717, 1.165) is 22.2 Å². The highest BCUT2D eigenvalue weighted by Crippen LogP contribution is 2.18. The van der Waals surface area contributed by atoms with Gasteiger partial charge >= 0.3 is 0 Å². The number of benzene rings is 1. The molecular formula is C14H12N4. The number of nitrogens with two attached hydrogens (primary N) is 1. The van der Waals surface area contributed by atoms with Crippen LogP contribution in [0.4, 0.5) is 5.69 Å². The molecule has 0 radical (unpaired) electrons. The predicted molar refractivity (Wildman–Crippen MR) is 73.7 cm³/mol. The maximum atomic E-state index is 5.85. The first-order valence-corrected chi connectivity index (χ1v) is 5.65. The summed E-state index contributed by atoms with van der Waals surface area (Å²) in [5, 5.41) is 8.35. The fraction of sp³-hybridized carbons (Fsp3) is 0. The van der Waals surface area contributed by atoms with Gasteiger partial charge in [0.25, 0.3) is 0 Å². The predicted octanol–water partition coefficient (Wildman–Crippen LogP) is 2.71. The second kappa shape index (κ2) is 4.33. The van der Waals surface area contributed by atoms with Crippen molar-refractivity contribution in [3.05, 3.63) is 54.0 Å². The van der Waals surface area contributed by atoms with Crippen LogP contribution >= 0.6 is 0 Å². The summed E-state index contributed by atoms with van der Waals surface area (Å²) in [5.41, 5.74) is 9.38. The number of anilines is 1. The summed E-state index contributed by atoms with van der Waals surface area (Å²) >= 11 is 0. The van der Waals surface area contributed by atoms with Crippen LogP contribution in [0, 0.1) is 0 Å². The van der Waals surface area contributed by atoms with Crippen LogP contribution in [0.2, 0.25) is 0 Å². The number of aromatic nitrogens is 3. The number of nitrogens with one attached hydrogen (secondary N) is 1. The third-order valence-electron chi connectivity index (χ3n) is 2.81. The maximum Gasteiger partial charge on any atom is 0.0927 e. The van der Waals surface area contributed by atoms with E-state index in [0.29, 0.717) is 5.69 Å². The maximum absolute atomic E-state index is 5.85. The first-order valence-electron chi connectivity index (χ1n) is 5.65. The summed E-state index contributed by atoms with van der Waals surface area (Å²) in [6, 6.07) is 9.78. The van der Waals surface area contributed by atoms with Gasteiger partial charge in [-0.15, -0.1) is 0 Å². The molecule has 3 N–H and O–H groups in total. The summed E-state index contributed by atoms with van der Waals surface area (Å²) in [6.45, 7) is 0. The molecule has 3 aromatic rings. The Kier molecular flexibility index (Phi) is 2.53. The van der Waals surface area contributed by atoms with E-state index in [4.69, 9.17) is 5.73 Å². The highest BCUT2D eigenvalue weighted by molar-refractivity contribution is 5.89. The summed E-state index contributed by atoms with van der Waals surface area (Å²) in [4.78, 5) is 4.05. The smallest absolute Gasteiger partial charge is 0.0927 e. The number of hydrogen-bond acceptors (Lipinski definition) is 3. The van der Waals surface area contributed by atoms with Gasteiger partial charge in [-0.1, -0.05) is 18.2 Å². The molecule has 1 aromatic carbocycles. The van der Waals surface area contributed by atoms with Gasteiger partial charge in [0.1, 0.15) is 0 Å². The molecule has 0 aliphatic rings. The molecule has 18 heavy (non-hydrogen) atoms. The Bertz CT molecular complexity index is 712. The standard InChI is InChI=1S/C14H12N4/c15-12-7-8-16-9-10(12)5-6-14-11-3-1-2-4-13(11)17-18-14/h1-9H,(H2,15,16)(H,17,18). The monoisotopic (exact) mass is 236 g/mol. The zero-order valence-electron chi connectivity index (χ0n) is 9.67. The van der Waals surface area contributed by atoms with Crippen molar-refractivity contribution in [2.24, 2.45) is 0 Å². The molecule has 0 aliphatic carbocycles. The van der Waals surface area contributed by atoms with Crippen molar-refractivity contribution < 1.29 is 0 Å². The van der Waals surface area contributed by atoms with Crippen LogP contribution in [0.3, 0.4) is 0 Å². The van der Waals surface area contributed by atoms with Gasteiger partial charge in [0.05, 0.1) is 11.2 Å². The largest absolute Gasteiger partial charge is 0.398 e. The van der Waals surface area contributed by atoms with Crippen LogP contribution in [-0.2, 0) is 0 Å². The fourth-order valence-electron chi connectivity index (χ4n) is 1.84. The first kappa shape index (κ1) is 10.5. The number of fused-ring (bicyclic) bond motifs is 1. The molecule has 0 unspecified atom stereocenters. The fourth-order valence-corrected chi connectivity index (χ4v) is 1.84. The molecule has 0 saturated carbocycles. The summed E-state index contributed by atoms with van der Waals surface area (Å²) in [7, 11) is 0. The Balaban J connectivity index is 2.00. The molecule has 0 spiro atoms. The van der Waals surface area contributed by atoms with Gasteiger partial charge in [-0.2, -0.15) is 5.10 Å². The van der Waals surface area contributed by atoms with Crippen LogP contribution < -0.4 is 5.73 Å². The molecule has 0 bridgehead atoms. The van der Waals surface area contributed by atoms with E-state index in [1.165, 1.54) is 0 Å². The number of pyridine rings is 1. The molecule has 0 aliphatic heterocycles. The van der Waals surface area contributed by atoms with Gasteiger partial charge in [0.2, 0.25) is 0 Å². The van der Waals surface area contributed by atoms with Crippen molar-refractivity contribution in [2.45, 2.75) is 0 Å².